The lowest BCUT2D eigenvalue weighted by Crippen LogP contribution is -2.29. The Labute approximate surface area is 224 Å². The lowest BCUT2D eigenvalue weighted by molar-refractivity contribution is 0.251. The molecule has 1 heterocycles. The van der Waals surface area contributed by atoms with Gasteiger partial charge in [0.1, 0.15) is 5.75 Å². The van der Waals surface area contributed by atoms with Gasteiger partial charge in [0.15, 0.2) is 11.0 Å². The normalized spacial score (nSPS) is 10.8. The number of amides is 2. The maximum atomic E-state index is 12.7. The molecule has 1 aromatic heterocycles. The number of thioether (sulfide) groups is 1. The summed E-state index contributed by atoms with van der Waals surface area (Å²) in [6.07, 6.45) is 0. The van der Waals surface area contributed by atoms with Crippen LogP contribution in [0, 0.1) is 6.92 Å². The first-order chi connectivity index (χ1) is 17.4. The second kappa shape index (κ2) is 12.2. The van der Waals surface area contributed by atoms with Crippen LogP contribution in [0.5, 0.6) is 5.75 Å². The van der Waals surface area contributed by atoms with Crippen molar-refractivity contribution in [2.24, 2.45) is 0 Å². The van der Waals surface area contributed by atoms with Gasteiger partial charge in [-0.3, -0.25) is 4.57 Å². The fourth-order valence-corrected chi connectivity index (χ4v) is 4.81. The van der Waals surface area contributed by atoms with Crippen LogP contribution in [0.2, 0.25) is 10.0 Å². The van der Waals surface area contributed by atoms with Crippen molar-refractivity contribution in [1.82, 2.24) is 20.1 Å². The van der Waals surface area contributed by atoms with Crippen LogP contribution in [0.1, 0.15) is 23.9 Å². The number of aryl methyl sites for hydroxylation is 1. The van der Waals surface area contributed by atoms with E-state index in [-0.39, 0.29) is 6.54 Å². The van der Waals surface area contributed by atoms with Gasteiger partial charge in [-0.2, -0.15) is 0 Å². The van der Waals surface area contributed by atoms with Gasteiger partial charge in [0.05, 0.1) is 29.5 Å². The van der Waals surface area contributed by atoms with Crippen molar-refractivity contribution < 1.29 is 9.53 Å². The molecule has 36 heavy (non-hydrogen) atoms. The molecule has 4 rings (SSSR count). The summed E-state index contributed by atoms with van der Waals surface area (Å²) in [4.78, 5) is 12.7. The molecule has 0 bridgehead atoms. The van der Waals surface area contributed by atoms with Gasteiger partial charge in [0.2, 0.25) is 0 Å². The smallest absolute Gasteiger partial charge is 0.319 e. The molecule has 0 saturated heterocycles. The zero-order valence-corrected chi connectivity index (χ0v) is 22.1. The molecule has 2 N–H and O–H groups in total. The van der Waals surface area contributed by atoms with E-state index < -0.39 is 6.03 Å². The first-order valence-corrected chi connectivity index (χ1v) is 13.0. The molecule has 0 atom stereocenters. The van der Waals surface area contributed by atoms with Gasteiger partial charge in [-0.25, -0.2) is 4.79 Å². The summed E-state index contributed by atoms with van der Waals surface area (Å²) in [5.41, 5.74) is 3.57. The predicted octanol–water partition coefficient (Wildman–Crippen LogP) is 6.90. The van der Waals surface area contributed by atoms with E-state index in [1.54, 1.807) is 30.3 Å². The molecule has 4 aromatic rings. The summed E-state index contributed by atoms with van der Waals surface area (Å²) in [5, 5.41) is 16.0. The molecule has 0 radical (unpaired) electrons. The van der Waals surface area contributed by atoms with Crippen LogP contribution in [0.3, 0.4) is 0 Å². The molecule has 0 spiro atoms. The summed E-state index contributed by atoms with van der Waals surface area (Å²) in [6.45, 7) is 4.56. The van der Waals surface area contributed by atoms with Gasteiger partial charge in [0.25, 0.3) is 0 Å². The number of ether oxygens (including phenoxy) is 1. The number of carbonyl (C=O) groups excluding carboxylic acids is 1. The van der Waals surface area contributed by atoms with Crippen LogP contribution < -0.4 is 15.4 Å². The number of urea groups is 1. The number of carbonyl (C=O) groups is 1. The molecular weight excluding hydrogens is 517 g/mol. The molecule has 3 aromatic carbocycles. The summed E-state index contributed by atoms with van der Waals surface area (Å²) >= 11 is 14.3. The van der Waals surface area contributed by atoms with E-state index in [2.05, 4.69) is 46.0 Å². The summed E-state index contributed by atoms with van der Waals surface area (Å²) in [7, 11) is 0. The fourth-order valence-electron chi connectivity index (χ4n) is 3.53. The molecule has 0 aliphatic heterocycles. The minimum absolute atomic E-state index is 0.115. The Bertz CT molecular complexity index is 1360. The molecule has 10 heteroatoms. The summed E-state index contributed by atoms with van der Waals surface area (Å²) in [5.74, 6) is 1.80. The quantitative estimate of drug-likeness (QED) is 0.225. The number of hydrogen-bond donors (Lipinski definition) is 2. The molecule has 0 unspecified atom stereocenters. The van der Waals surface area contributed by atoms with Crippen molar-refractivity contribution in [2.45, 2.75) is 31.3 Å². The monoisotopic (exact) mass is 541 g/mol. The van der Waals surface area contributed by atoms with Crippen LogP contribution in [0.15, 0.2) is 71.9 Å². The zero-order valence-electron chi connectivity index (χ0n) is 19.8. The van der Waals surface area contributed by atoms with Gasteiger partial charge in [-0.1, -0.05) is 76.9 Å². The Kier molecular flexibility index (Phi) is 8.74. The van der Waals surface area contributed by atoms with Crippen molar-refractivity contribution in [2.75, 3.05) is 11.9 Å². The van der Waals surface area contributed by atoms with Gasteiger partial charge < -0.3 is 15.4 Å². The third-order valence-corrected chi connectivity index (χ3v) is 6.70. The largest absolute Gasteiger partial charge is 0.492 e. The van der Waals surface area contributed by atoms with Crippen molar-refractivity contribution in [1.29, 1.82) is 0 Å². The second-order valence-corrected chi connectivity index (χ2v) is 9.63. The van der Waals surface area contributed by atoms with E-state index >= 15 is 0 Å². The number of rotatable bonds is 9. The standard InChI is InChI=1S/C26H25Cl2N5O2S/c1-3-35-23-10-5-4-9-21(23)30-25(34)29-15-24-31-32-26(36-16-18-8-6-7-17(2)13-18)33(24)22-14-19(27)11-12-20(22)28/h4-14H,3,15-16H2,1-2H3,(H2,29,30,34). The van der Waals surface area contributed by atoms with E-state index in [1.807, 2.05) is 29.7 Å². The molecule has 7 nitrogen and oxygen atoms in total. The maximum Gasteiger partial charge on any atom is 0.319 e. The Morgan fingerprint density at radius 1 is 1.06 bits per heavy atom. The minimum atomic E-state index is -0.400. The number of aromatic nitrogens is 3. The van der Waals surface area contributed by atoms with Crippen molar-refractivity contribution in [3.05, 3.63) is 93.7 Å². The highest BCUT2D eigenvalue weighted by molar-refractivity contribution is 7.98. The number of anilines is 1. The van der Waals surface area contributed by atoms with Gasteiger partial charge in [0, 0.05) is 10.8 Å². The first-order valence-electron chi connectivity index (χ1n) is 11.3. The molecule has 186 valence electrons. The van der Waals surface area contributed by atoms with Crippen LogP contribution in [0.25, 0.3) is 5.69 Å². The van der Waals surface area contributed by atoms with Crippen molar-refractivity contribution in [3.8, 4) is 11.4 Å². The molecular formula is C26H25Cl2N5O2S. The Morgan fingerprint density at radius 2 is 1.89 bits per heavy atom. The van der Waals surface area contributed by atoms with E-state index in [9.17, 15) is 4.79 Å². The van der Waals surface area contributed by atoms with E-state index in [0.29, 0.717) is 50.5 Å². The average Bonchev–Trinajstić information content (AvgIpc) is 3.27. The van der Waals surface area contributed by atoms with Crippen LogP contribution in [-0.2, 0) is 12.3 Å². The maximum absolute atomic E-state index is 12.7. The second-order valence-electron chi connectivity index (χ2n) is 7.84. The third-order valence-electron chi connectivity index (χ3n) is 5.14. The number of hydrogen-bond acceptors (Lipinski definition) is 5. The molecule has 2 amide bonds. The third kappa shape index (κ3) is 6.51. The number of benzene rings is 3. The number of halogens is 2. The number of nitrogens with zero attached hydrogens (tertiary/aromatic N) is 3. The van der Waals surface area contributed by atoms with Crippen molar-refractivity contribution in [3.63, 3.8) is 0 Å². The Hall–Kier alpha value is -3.20. The minimum Gasteiger partial charge on any atom is -0.492 e. The number of para-hydroxylation sites is 2. The highest BCUT2D eigenvalue weighted by Crippen LogP contribution is 2.31. The zero-order chi connectivity index (χ0) is 25.5. The average molecular weight is 542 g/mol. The van der Waals surface area contributed by atoms with E-state index in [4.69, 9.17) is 27.9 Å². The van der Waals surface area contributed by atoms with Crippen LogP contribution >= 0.6 is 35.0 Å². The predicted molar refractivity (Wildman–Crippen MR) is 146 cm³/mol. The lowest BCUT2D eigenvalue weighted by Gasteiger charge is -2.14. The summed E-state index contributed by atoms with van der Waals surface area (Å²) < 4.78 is 7.40. The SMILES string of the molecule is CCOc1ccccc1NC(=O)NCc1nnc(SCc2cccc(C)c2)n1-c1cc(Cl)ccc1Cl. The van der Waals surface area contributed by atoms with Gasteiger partial charge >= 0.3 is 6.03 Å². The first kappa shape index (κ1) is 25.9. The highest BCUT2D eigenvalue weighted by atomic mass is 35.5. The Balaban J connectivity index is 1.55. The van der Waals surface area contributed by atoms with Gasteiger partial charge in [-0.05, 0) is 49.7 Å². The summed E-state index contributed by atoms with van der Waals surface area (Å²) in [6, 6.07) is 20.3. The van der Waals surface area contributed by atoms with Crippen LogP contribution in [0.4, 0.5) is 10.5 Å². The number of nitrogens with one attached hydrogen (secondary N) is 2. The molecule has 0 saturated carbocycles. The Morgan fingerprint density at radius 3 is 2.69 bits per heavy atom. The van der Waals surface area contributed by atoms with E-state index in [0.717, 1.165) is 0 Å². The van der Waals surface area contributed by atoms with Crippen LogP contribution in [-0.4, -0.2) is 27.4 Å². The molecule has 0 aliphatic carbocycles. The van der Waals surface area contributed by atoms with Gasteiger partial charge in [-0.15, -0.1) is 10.2 Å². The fraction of sp³-hybridized carbons (Fsp3) is 0.192. The lowest BCUT2D eigenvalue weighted by atomic mass is 10.2. The van der Waals surface area contributed by atoms with Crippen molar-refractivity contribution >= 4 is 46.7 Å². The topological polar surface area (TPSA) is 81.1 Å². The molecule has 0 fully saturated rings. The van der Waals surface area contributed by atoms with E-state index in [1.165, 1.54) is 22.9 Å². The highest BCUT2D eigenvalue weighted by Gasteiger charge is 2.18. The molecule has 0 aliphatic rings.